The number of likely N-dealkylation sites (N-methyl/N-ethyl adjacent to an activating group) is 1. The molecule has 1 aliphatic rings. The number of nitrogens with zero attached hydrogens (tertiary/aromatic N) is 3. The first-order valence-electron chi connectivity index (χ1n) is 7.02. The van der Waals surface area contributed by atoms with Crippen molar-refractivity contribution in [1.29, 1.82) is 0 Å². The number of benzene rings is 1. The first-order chi connectivity index (χ1) is 9.72. The van der Waals surface area contributed by atoms with Gasteiger partial charge in [0.1, 0.15) is 5.82 Å². The molecule has 0 bridgehead atoms. The molecule has 6 heteroatoms. The molecule has 2 N–H and O–H groups in total. The molecule has 1 aliphatic heterocycles. The molecule has 1 aromatic carbocycles. The fourth-order valence-electron chi connectivity index (χ4n) is 2.48. The van der Waals surface area contributed by atoms with E-state index in [2.05, 4.69) is 25.1 Å². The van der Waals surface area contributed by atoms with Crippen molar-refractivity contribution in [3.63, 3.8) is 0 Å². The lowest BCUT2D eigenvalue weighted by atomic mass is 10.3. The molecule has 20 heavy (non-hydrogen) atoms. The average molecular weight is 277 g/mol. The summed E-state index contributed by atoms with van der Waals surface area (Å²) in [6, 6.07) is 4.62. The maximum atomic E-state index is 13.2. The molecular formula is C14H20FN5. The summed E-state index contributed by atoms with van der Waals surface area (Å²) in [5.74, 6) is 0.553. The molecule has 0 saturated carbocycles. The predicted molar refractivity (Wildman–Crippen MR) is 78.6 cm³/mol. The van der Waals surface area contributed by atoms with Crippen molar-refractivity contribution in [3.8, 4) is 0 Å². The van der Waals surface area contributed by atoms with Gasteiger partial charge in [0.2, 0.25) is 5.95 Å². The first-order valence-corrected chi connectivity index (χ1v) is 7.02. The standard InChI is InChI=1S/C14H20FN5/c1-19(8-9-20-6-4-16-5-7-20)14-17-12-3-2-11(15)10-13(12)18-14/h2-3,10,16H,4-9H2,1H3,(H,17,18). The maximum absolute atomic E-state index is 13.2. The number of imidazole rings is 1. The van der Waals surface area contributed by atoms with Gasteiger partial charge in [-0.1, -0.05) is 0 Å². The van der Waals surface area contributed by atoms with Gasteiger partial charge in [0, 0.05) is 46.3 Å². The molecule has 108 valence electrons. The number of nitrogens with one attached hydrogen (secondary N) is 2. The van der Waals surface area contributed by atoms with Crippen molar-refractivity contribution >= 4 is 17.0 Å². The number of fused-ring (bicyclic) bond motifs is 1. The zero-order valence-electron chi connectivity index (χ0n) is 11.7. The van der Waals surface area contributed by atoms with E-state index in [0.717, 1.165) is 56.3 Å². The Morgan fingerprint density at radius 2 is 2.15 bits per heavy atom. The van der Waals surface area contributed by atoms with E-state index >= 15 is 0 Å². The molecule has 0 spiro atoms. The van der Waals surface area contributed by atoms with E-state index in [4.69, 9.17) is 0 Å². The van der Waals surface area contributed by atoms with Gasteiger partial charge in [-0.15, -0.1) is 0 Å². The molecule has 5 nitrogen and oxygen atoms in total. The van der Waals surface area contributed by atoms with Crippen molar-refractivity contribution in [2.45, 2.75) is 0 Å². The first kappa shape index (κ1) is 13.3. The van der Waals surface area contributed by atoms with Crippen LogP contribution in [0.2, 0.25) is 0 Å². The second-order valence-corrected chi connectivity index (χ2v) is 5.24. The summed E-state index contributed by atoms with van der Waals surface area (Å²) in [4.78, 5) is 12.2. The Hall–Kier alpha value is -1.66. The van der Waals surface area contributed by atoms with Crippen LogP contribution in [-0.4, -0.2) is 61.2 Å². The Morgan fingerprint density at radius 1 is 1.35 bits per heavy atom. The minimum absolute atomic E-state index is 0.240. The smallest absolute Gasteiger partial charge is 0.203 e. The van der Waals surface area contributed by atoms with Gasteiger partial charge >= 0.3 is 0 Å². The average Bonchev–Trinajstić information content (AvgIpc) is 2.89. The largest absolute Gasteiger partial charge is 0.344 e. The minimum Gasteiger partial charge on any atom is -0.344 e. The number of aromatic amines is 1. The van der Waals surface area contributed by atoms with Crippen LogP contribution < -0.4 is 10.2 Å². The van der Waals surface area contributed by atoms with Crippen LogP contribution in [-0.2, 0) is 0 Å². The minimum atomic E-state index is -0.240. The summed E-state index contributed by atoms with van der Waals surface area (Å²) in [5.41, 5.74) is 1.55. The molecule has 0 radical (unpaired) electrons. The summed E-state index contributed by atoms with van der Waals surface area (Å²) < 4.78 is 13.2. The van der Waals surface area contributed by atoms with E-state index < -0.39 is 0 Å². The number of hydrogen-bond donors (Lipinski definition) is 2. The van der Waals surface area contributed by atoms with E-state index in [9.17, 15) is 4.39 Å². The van der Waals surface area contributed by atoms with Crippen LogP contribution in [0.4, 0.5) is 10.3 Å². The van der Waals surface area contributed by atoms with Crippen LogP contribution >= 0.6 is 0 Å². The van der Waals surface area contributed by atoms with E-state index in [0.29, 0.717) is 0 Å². The second kappa shape index (κ2) is 5.76. The third-order valence-electron chi connectivity index (χ3n) is 3.75. The lowest BCUT2D eigenvalue weighted by Crippen LogP contribution is -2.46. The summed E-state index contributed by atoms with van der Waals surface area (Å²) in [5, 5.41) is 3.35. The van der Waals surface area contributed by atoms with Gasteiger partial charge in [0.15, 0.2) is 0 Å². The van der Waals surface area contributed by atoms with Crippen molar-refractivity contribution < 1.29 is 4.39 Å². The van der Waals surface area contributed by atoms with Gasteiger partial charge in [-0.25, -0.2) is 9.37 Å². The second-order valence-electron chi connectivity index (χ2n) is 5.24. The number of aromatic nitrogens is 2. The fourth-order valence-corrected chi connectivity index (χ4v) is 2.48. The molecule has 2 heterocycles. The molecule has 0 unspecified atom stereocenters. The molecule has 3 rings (SSSR count). The van der Waals surface area contributed by atoms with Gasteiger partial charge in [-0.2, -0.15) is 0 Å². The van der Waals surface area contributed by atoms with Crippen molar-refractivity contribution in [2.75, 3.05) is 51.2 Å². The number of halogens is 1. The predicted octanol–water partition coefficient (Wildman–Crippen LogP) is 1.04. The van der Waals surface area contributed by atoms with Crippen LogP contribution in [0.1, 0.15) is 0 Å². The van der Waals surface area contributed by atoms with Gasteiger partial charge in [0.05, 0.1) is 11.0 Å². The molecule has 0 aliphatic carbocycles. The third kappa shape index (κ3) is 2.91. The highest BCUT2D eigenvalue weighted by Crippen LogP contribution is 2.17. The van der Waals surface area contributed by atoms with E-state index in [1.54, 1.807) is 6.07 Å². The molecule has 1 aromatic heterocycles. The SMILES string of the molecule is CN(CCN1CCNCC1)c1nc2ccc(F)cc2[nH]1. The Morgan fingerprint density at radius 3 is 2.95 bits per heavy atom. The highest BCUT2D eigenvalue weighted by molar-refractivity contribution is 5.77. The zero-order chi connectivity index (χ0) is 13.9. The molecule has 0 atom stereocenters. The molecular weight excluding hydrogens is 257 g/mol. The van der Waals surface area contributed by atoms with Crippen molar-refractivity contribution in [3.05, 3.63) is 24.0 Å². The van der Waals surface area contributed by atoms with Crippen LogP contribution in [0.25, 0.3) is 11.0 Å². The lowest BCUT2D eigenvalue weighted by molar-refractivity contribution is 0.246. The number of hydrogen-bond acceptors (Lipinski definition) is 4. The van der Waals surface area contributed by atoms with Gasteiger partial charge < -0.3 is 15.2 Å². The molecule has 1 saturated heterocycles. The van der Waals surface area contributed by atoms with Crippen LogP contribution in [0.3, 0.4) is 0 Å². The highest BCUT2D eigenvalue weighted by Gasteiger charge is 2.12. The molecule has 2 aromatic rings. The Kier molecular flexibility index (Phi) is 3.84. The van der Waals surface area contributed by atoms with E-state index in [1.807, 2.05) is 7.05 Å². The number of rotatable bonds is 4. The van der Waals surface area contributed by atoms with Crippen LogP contribution in [0.5, 0.6) is 0 Å². The summed E-state index contributed by atoms with van der Waals surface area (Å²) >= 11 is 0. The van der Waals surface area contributed by atoms with Crippen LogP contribution in [0.15, 0.2) is 18.2 Å². The third-order valence-corrected chi connectivity index (χ3v) is 3.75. The lowest BCUT2D eigenvalue weighted by Gasteiger charge is -2.28. The van der Waals surface area contributed by atoms with Gasteiger partial charge in [0.25, 0.3) is 0 Å². The zero-order valence-corrected chi connectivity index (χ0v) is 11.7. The Balaban J connectivity index is 1.64. The summed E-state index contributed by atoms with van der Waals surface area (Å²) in [6.45, 7) is 6.24. The van der Waals surface area contributed by atoms with E-state index in [1.165, 1.54) is 12.1 Å². The van der Waals surface area contributed by atoms with Crippen LogP contribution in [0, 0.1) is 5.82 Å². The summed E-state index contributed by atoms with van der Waals surface area (Å²) in [6.07, 6.45) is 0. The number of anilines is 1. The van der Waals surface area contributed by atoms with Gasteiger partial charge in [-0.3, -0.25) is 4.90 Å². The Labute approximate surface area is 117 Å². The van der Waals surface area contributed by atoms with E-state index in [-0.39, 0.29) is 5.82 Å². The normalized spacial score (nSPS) is 16.7. The fraction of sp³-hybridized carbons (Fsp3) is 0.500. The number of piperazine rings is 1. The molecule has 1 fully saturated rings. The number of H-pyrrole nitrogens is 1. The topological polar surface area (TPSA) is 47.2 Å². The molecule has 0 amide bonds. The van der Waals surface area contributed by atoms with Crippen molar-refractivity contribution in [2.24, 2.45) is 0 Å². The van der Waals surface area contributed by atoms with Gasteiger partial charge in [-0.05, 0) is 18.2 Å². The summed E-state index contributed by atoms with van der Waals surface area (Å²) in [7, 11) is 2.01. The Bertz CT molecular complexity index is 576. The maximum Gasteiger partial charge on any atom is 0.203 e. The monoisotopic (exact) mass is 277 g/mol. The quantitative estimate of drug-likeness (QED) is 0.877. The highest BCUT2D eigenvalue weighted by atomic mass is 19.1. The van der Waals surface area contributed by atoms with Crippen molar-refractivity contribution in [1.82, 2.24) is 20.2 Å².